The molecule has 1 rings (SSSR count). The zero-order valence-electron chi connectivity index (χ0n) is 7.89. The van der Waals surface area contributed by atoms with Crippen LogP contribution in [-0.2, 0) is 0 Å². The number of rotatable bonds is 0. The van der Waals surface area contributed by atoms with Gasteiger partial charge in [0.05, 0.1) is 0 Å². The first-order valence-corrected chi connectivity index (χ1v) is 4.80. The Morgan fingerprint density at radius 1 is 0.462 bits per heavy atom. The molecular weight excluding hydrogens is 156 g/mol. The third-order valence-corrected chi connectivity index (χ3v) is 1.76. The summed E-state index contributed by atoms with van der Waals surface area (Å²) in [6.45, 7) is 0. The van der Waals surface area contributed by atoms with Crippen LogP contribution in [0.2, 0.25) is 0 Å². The van der Waals surface area contributed by atoms with Crippen molar-refractivity contribution in [3.05, 3.63) is 60.8 Å². The molecule has 0 N–H and O–H groups in total. The molecule has 0 aromatic heterocycles. The van der Waals surface area contributed by atoms with Crippen LogP contribution in [0.3, 0.4) is 0 Å². The van der Waals surface area contributed by atoms with Crippen molar-refractivity contribution in [2.75, 3.05) is 0 Å². The van der Waals surface area contributed by atoms with E-state index in [4.69, 9.17) is 0 Å². The number of hydrogen-bond donors (Lipinski definition) is 0. The van der Waals surface area contributed by atoms with E-state index in [2.05, 4.69) is 60.8 Å². The minimum absolute atomic E-state index is 1.01. The van der Waals surface area contributed by atoms with Gasteiger partial charge in [0.2, 0.25) is 0 Å². The van der Waals surface area contributed by atoms with Gasteiger partial charge in [-0.15, -0.1) is 0 Å². The van der Waals surface area contributed by atoms with Gasteiger partial charge in [-0.3, -0.25) is 0 Å². The van der Waals surface area contributed by atoms with Crippen LogP contribution in [0.15, 0.2) is 60.8 Å². The summed E-state index contributed by atoms with van der Waals surface area (Å²) in [5.41, 5.74) is 0. The molecule has 13 heavy (non-hydrogen) atoms. The van der Waals surface area contributed by atoms with Crippen molar-refractivity contribution < 1.29 is 0 Å². The van der Waals surface area contributed by atoms with Crippen LogP contribution in [0.25, 0.3) is 0 Å². The quantitative estimate of drug-likeness (QED) is 0.519. The van der Waals surface area contributed by atoms with Crippen molar-refractivity contribution in [3.63, 3.8) is 0 Å². The van der Waals surface area contributed by atoms with Crippen molar-refractivity contribution in [2.24, 2.45) is 0 Å². The monoisotopic (exact) mass is 172 g/mol. The Hall–Kier alpha value is -1.30. The Kier molecular flexibility index (Phi) is 5.54. The summed E-state index contributed by atoms with van der Waals surface area (Å²) in [6.07, 6.45) is 24.5. The predicted molar refractivity (Wildman–Crippen MR) is 59.6 cm³/mol. The Labute approximate surface area is 80.7 Å². The van der Waals surface area contributed by atoms with Crippen LogP contribution >= 0.6 is 0 Å². The van der Waals surface area contributed by atoms with Gasteiger partial charge in [-0.2, -0.15) is 0 Å². The minimum atomic E-state index is 1.01. The highest BCUT2D eigenvalue weighted by Crippen LogP contribution is 1.96. The van der Waals surface area contributed by atoms with E-state index in [1.54, 1.807) is 0 Å². The van der Waals surface area contributed by atoms with E-state index in [9.17, 15) is 0 Å². The number of allylic oxidation sites excluding steroid dienone is 10. The fourth-order valence-corrected chi connectivity index (χ4v) is 1.06. The molecule has 0 heterocycles. The molecule has 0 saturated heterocycles. The Morgan fingerprint density at radius 3 is 1.62 bits per heavy atom. The Morgan fingerprint density at radius 2 is 0.923 bits per heavy atom. The van der Waals surface area contributed by atoms with E-state index in [0.717, 1.165) is 19.3 Å². The fraction of sp³-hybridized carbons (Fsp3) is 0.231. The van der Waals surface area contributed by atoms with Crippen molar-refractivity contribution in [1.29, 1.82) is 0 Å². The van der Waals surface area contributed by atoms with Crippen LogP contribution in [0.5, 0.6) is 0 Å². The molecule has 0 aromatic carbocycles. The molecule has 68 valence electrons. The lowest BCUT2D eigenvalue weighted by atomic mass is 10.2. The first-order chi connectivity index (χ1) is 6.50. The van der Waals surface area contributed by atoms with Gasteiger partial charge in [-0.1, -0.05) is 60.8 Å². The molecule has 0 atom stereocenters. The molecule has 0 nitrogen and oxygen atoms in total. The van der Waals surface area contributed by atoms with Gasteiger partial charge in [0.15, 0.2) is 0 Å². The van der Waals surface area contributed by atoms with Gasteiger partial charge in [-0.25, -0.2) is 0 Å². The van der Waals surface area contributed by atoms with Crippen LogP contribution in [0, 0.1) is 0 Å². The lowest BCUT2D eigenvalue weighted by Crippen LogP contribution is -1.62. The summed E-state index contributed by atoms with van der Waals surface area (Å²) in [6, 6.07) is 0. The molecule has 0 unspecified atom stereocenters. The smallest absolute Gasteiger partial charge is 0.0163 e. The van der Waals surface area contributed by atoms with Crippen LogP contribution in [0.4, 0.5) is 0 Å². The van der Waals surface area contributed by atoms with Gasteiger partial charge in [0.1, 0.15) is 0 Å². The normalized spacial score (nSPS) is 27.7. The molecule has 0 amide bonds. The maximum absolute atomic E-state index is 2.20. The van der Waals surface area contributed by atoms with Gasteiger partial charge >= 0.3 is 0 Å². The molecule has 0 aliphatic heterocycles. The van der Waals surface area contributed by atoms with E-state index in [0.29, 0.717) is 0 Å². The van der Waals surface area contributed by atoms with Gasteiger partial charge in [-0.05, 0) is 19.3 Å². The van der Waals surface area contributed by atoms with Crippen LogP contribution in [-0.4, -0.2) is 0 Å². The molecule has 0 radical (unpaired) electrons. The van der Waals surface area contributed by atoms with Gasteiger partial charge in [0.25, 0.3) is 0 Å². The Bertz CT molecular complexity index is 249. The maximum Gasteiger partial charge on any atom is -0.0163 e. The summed E-state index contributed by atoms with van der Waals surface area (Å²) in [7, 11) is 0. The summed E-state index contributed by atoms with van der Waals surface area (Å²) in [5.74, 6) is 0. The second kappa shape index (κ2) is 7.35. The first-order valence-electron chi connectivity index (χ1n) is 4.80. The molecule has 0 spiro atoms. The molecule has 0 fully saturated rings. The highest BCUT2D eigenvalue weighted by Gasteiger charge is 1.75. The molecule has 0 saturated carbocycles. The van der Waals surface area contributed by atoms with Gasteiger partial charge < -0.3 is 0 Å². The van der Waals surface area contributed by atoms with Crippen LogP contribution in [0.1, 0.15) is 19.3 Å². The van der Waals surface area contributed by atoms with Crippen molar-refractivity contribution in [2.45, 2.75) is 19.3 Å². The SMILES string of the molecule is C1=CC/C=C/C=C/CC/C=C/C=C\1. The molecule has 1 aliphatic carbocycles. The van der Waals surface area contributed by atoms with E-state index in [1.807, 2.05) is 0 Å². The fourth-order valence-electron chi connectivity index (χ4n) is 1.06. The third kappa shape index (κ3) is 5.92. The summed E-state index contributed by atoms with van der Waals surface area (Å²) in [4.78, 5) is 0. The van der Waals surface area contributed by atoms with Crippen molar-refractivity contribution in [1.82, 2.24) is 0 Å². The largest absolute Gasteiger partial charge is 0.0842 e. The highest BCUT2D eigenvalue weighted by molar-refractivity contribution is 5.13. The van der Waals surface area contributed by atoms with E-state index in [1.165, 1.54) is 0 Å². The minimum Gasteiger partial charge on any atom is -0.0842 e. The standard InChI is InChI=1S/C13H16/c1-2-4-6-8-10-12-13-11-9-7-5-3-1/h1-6,9,11-13H,7-8,10H2/b2-1-,5-3?,6-4+,11-9+,13-12+. The maximum atomic E-state index is 2.20. The van der Waals surface area contributed by atoms with E-state index in [-0.39, 0.29) is 0 Å². The highest BCUT2D eigenvalue weighted by atomic mass is 13.8. The average molecular weight is 172 g/mol. The third-order valence-electron chi connectivity index (χ3n) is 1.76. The van der Waals surface area contributed by atoms with Crippen LogP contribution < -0.4 is 0 Å². The van der Waals surface area contributed by atoms with Gasteiger partial charge in [0, 0.05) is 0 Å². The van der Waals surface area contributed by atoms with Crippen molar-refractivity contribution in [3.8, 4) is 0 Å². The predicted octanol–water partition coefficient (Wildman–Crippen LogP) is 3.95. The topological polar surface area (TPSA) is 0 Å². The first kappa shape index (κ1) is 9.79. The van der Waals surface area contributed by atoms with E-state index < -0.39 is 0 Å². The number of hydrogen-bond acceptors (Lipinski definition) is 0. The second-order valence-electron chi connectivity index (χ2n) is 2.91. The zero-order valence-corrected chi connectivity index (χ0v) is 7.89. The average Bonchev–Trinajstić information content (AvgIpc) is 2.18. The summed E-state index contributed by atoms with van der Waals surface area (Å²) >= 11 is 0. The lowest BCUT2D eigenvalue weighted by molar-refractivity contribution is 1.05. The Balaban J connectivity index is 2.49. The zero-order chi connectivity index (χ0) is 9.19. The van der Waals surface area contributed by atoms with E-state index >= 15 is 0 Å². The van der Waals surface area contributed by atoms with Crippen molar-refractivity contribution >= 4 is 0 Å². The second-order valence-corrected chi connectivity index (χ2v) is 2.91. The molecule has 0 heteroatoms. The molecule has 1 aliphatic rings. The molecule has 0 aromatic rings. The lowest BCUT2D eigenvalue weighted by Gasteiger charge is -1.83. The molecule has 0 bridgehead atoms. The summed E-state index contributed by atoms with van der Waals surface area (Å²) in [5, 5.41) is 0. The summed E-state index contributed by atoms with van der Waals surface area (Å²) < 4.78 is 0. The molecular formula is C13H16.